The Morgan fingerprint density at radius 1 is 1.23 bits per heavy atom. The number of phenolic OH excluding ortho intramolecular Hbond substituents is 1. The molecule has 1 atom stereocenters. The Morgan fingerprint density at radius 2 is 1.96 bits per heavy atom. The molecule has 4 aromatic rings. The second-order valence-corrected chi connectivity index (χ2v) is 7.51. The van der Waals surface area contributed by atoms with Gasteiger partial charge in [0.2, 0.25) is 0 Å². The Morgan fingerprint density at radius 3 is 2.65 bits per heavy atom. The predicted molar refractivity (Wildman–Crippen MR) is 109 cm³/mol. The third-order valence-corrected chi connectivity index (χ3v) is 5.86. The van der Waals surface area contributed by atoms with Crippen LogP contribution in [0.3, 0.4) is 0 Å². The lowest BCUT2D eigenvalue weighted by Crippen LogP contribution is -2.08. The van der Waals surface area contributed by atoms with Crippen molar-refractivity contribution in [1.29, 1.82) is 0 Å². The van der Waals surface area contributed by atoms with Crippen molar-refractivity contribution in [3.05, 3.63) is 63.3 Å². The van der Waals surface area contributed by atoms with Crippen molar-refractivity contribution >= 4 is 32.3 Å². The minimum Gasteiger partial charge on any atom is -0.507 e. The number of thiophene rings is 1. The molecule has 0 fully saturated rings. The average Bonchev–Trinajstić information content (AvgIpc) is 3.13. The Labute approximate surface area is 154 Å². The van der Waals surface area contributed by atoms with E-state index in [9.17, 15) is 9.90 Å². The molecule has 132 valence electrons. The fraction of sp³-hybridized carbons (Fsp3) is 0.190. The zero-order chi connectivity index (χ0) is 18.4. The van der Waals surface area contributed by atoms with E-state index in [1.54, 1.807) is 6.07 Å². The van der Waals surface area contributed by atoms with E-state index in [-0.39, 0.29) is 17.4 Å². The Hall–Kier alpha value is -2.63. The summed E-state index contributed by atoms with van der Waals surface area (Å²) in [4.78, 5) is 15.4. The topological polar surface area (TPSA) is 79.1 Å². The van der Waals surface area contributed by atoms with Crippen LogP contribution in [0.25, 0.3) is 32.1 Å². The number of H-pyrrole nitrogens is 1. The maximum atomic E-state index is 12.4. The van der Waals surface area contributed by atoms with Gasteiger partial charge in [0.1, 0.15) is 10.4 Å². The first-order chi connectivity index (χ1) is 12.5. The third-order valence-electron chi connectivity index (χ3n) is 4.95. The van der Waals surface area contributed by atoms with Gasteiger partial charge < -0.3 is 15.8 Å². The number of hydrogen-bond acceptors (Lipinski definition) is 4. The van der Waals surface area contributed by atoms with E-state index in [1.807, 2.05) is 42.6 Å². The third kappa shape index (κ3) is 2.52. The summed E-state index contributed by atoms with van der Waals surface area (Å²) in [5, 5.41) is 14.4. The second kappa shape index (κ2) is 6.27. The molecule has 0 aliphatic rings. The lowest BCUT2D eigenvalue weighted by atomic mass is 9.93. The summed E-state index contributed by atoms with van der Waals surface area (Å²) in [6.07, 6.45) is 0.870. The van der Waals surface area contributed by atoms with Gasteiger partial charge in [0, 0.05) is 22.4 Å². The van der Waals surface area contributed by atoms with Gasteiger partial charge in [-0.15, -0.1) is 11.3 Å². The van der Waals surface area contributed by atoms with Crippen molar-refractivity contribution in [3.63, 3.8) is 0 Å². The molecule has 0 radical (unpaired) electrons. The highest BCUT2D eigenvalue weighted by Crippen LogP contribution is 2.41. The Kier molecular flexibility index (Phi) is 4.05. The zero-order valence-electron chi connectivity index (χ0n) is 14.7. The van der Waals surface area contributed by atoms with Crippen LogP contribution >= 0.6 is 11.3 Å². The van der Waals surface area contributed by atoms with Crippen molar-refractivity contribution < 1.29 is 5.11 Å². The van der Waals surface area contributed by atoms with Crippen LogP contribution in [0.15, 0.2) is 46.6 Å². The number of aryl methyl sites for hydroxylation is 1. The number of rotatable bonds is 3. The van der Waals surface area contributed by atoms with E-state index in [0.717, 1.165) is 45.0 Å². The minimum absolute atomic E-state index is 0.00680. The molecule has 0 amide bonds. The molecule has 2 heterocycles. The van der Waals surface area contributed by atoms with Crippen molar-refractivity contribution in [2.75, 3.05) is 0 Å². The van der Waals surface area contributed by atoms with Crippen LogP contribution < -0.4 is 11.3 Å². The molecule has 4 rings (SSSR count). The lowest BCUT2D eigenvalue weighted by Gasteiger charge is -2.14. The van der Waals surface area contributed by atoms with Crippen LogP contribution in [-0.4, -0.2) is 10.1 Å². The Balaban J connectivity index is 2.06. The normalized spacial score (nSPS) is 12.7. The van der Waals surface area contributed by atoms with Crippen LogP contribution in [0, 0.1) is 6.92 Å². The van der Waals surface area contributed by atoms with Crippen LogP contribution in [0.4, 0.5) is 0 Å². The van der Waals surface area contributed by atoms with Gasteiger partial charge in [0.15, 0.2) is 0 Å². The number of fused-ring (bicyclic) bond motifs is 3. The first-order valence-electron chi connectivity index (χ1n) is 8.63. The number of nitrogens with one attached hydrogen (secondary N) is 1. The summed E-state index contributed by atoms with van der Waals surface area (Å²) in [5.41, 5.74) is 10.3. The molecule has 4 nitrogen and oxygen atoms in total. The van der Waals surface area contributed by atoms with Crippen LogP contribution in [0.1, 0.15) is 30.5 Å². The SMILES string of the molecule is CCC(N)c1ccc(-c2c(O)cc(C)c3[nH]c(=O)c4sccc4c23)cc1. The molecular formula is C21H20N2O2S. The average molecular weight is 364 g/mol. The zero-order valence-corrected chi connectivity index (χ0v) is 15.5. The van der Waals surface area contributed by atoms with Gasteiger partial charge in [-0.1, -0.05) is 31.2 Å². The molecule has 0 saturated carbocycles. The van der Waals surface area contributed by atoms with Crippen LogP contribution in [-0.2, 0) is 0 Å². The molecule has 0 saturated heterocycles. The first-order valence-corrected chi connectivity index (χ1v) is 9.51. The standard InChI is InChI=1S/C21H20N2O2S/c1-3-15(22)12-4-6-13(7-5-12)17-16(24)10-11(2)19-18(17)14-8-9-26-20(14)21(25)23-19/h4-10,15,24H,3,22H2,1-2H3,(H,23,25). The van der Waals surface area contributed by atoms with Crippen molar-refractivity contribution in [1.82, 2.24) is 4.98 Å². The molecule has 0 bridgehead atoms. The fourth-order valence-corrected chi connectivity index (χ4v) is 4.30. The van der Waals surface area contributed by atoms with Gasteiger partial charge in [-0.05, 0) is 47.5 Å². The number of aromatic nitrogens is 1. The summed E-state index contributed by atoms with van der Waals surface area (Å²) >= 11 is 1.41. The molecule has 4 N–H and O–H groups in total. The van der Waals surface area contributed by atoms with Gasteiger partial charge in [-0.2, -0.15) is 0 Å². The van der Waals surface area contributed by atoms with Gasteiger partial charge >= 0.3 is 0 Å². The van der Waals surface area contributed by atoms with Crippen molar-refractivity contribution in [2.24, 2.45) is 5.73 Å². The van der Waals surface area contributed by atoms with Gasteiger partial charge in [-0.3, -0.25) is 4.79 Å². The number of phenols is 1. The molecule has 26 heavy (non-hydrogen) atoms. The summed E-state index contributed by atoms with van der Waals surface area (Å²) in [5.74, 6) is 0.210. The van der Waals surface area contributed by atoms with Gasteiger partial charge in [-0.25, -0.2) is 0 Å². The predicted octanol–water partition coefficient (Wildman–Crippen LogP) is 4.83. The summed E-state index contributed by atoms with van der Waals surface area (Å²) in [6.45, 7) is 3.95. The van der Waals surface area contributed by atoms with E-state index >= 15 is 0 Å². The summed E-state index contributed by atoms with van der Waals surface area (Å²) < 4.78 is 0.674. The number of pyridine rings is 1. The van der Waals surface area contributed by atoms with Crippen LogP contribution in [0.2, 0.25) is 0 Å². The monoisotopic (exact) mass is 364 g/mol. The molecule has 2 aromatic heterocycles. The highest BCUT2D eigenvalue weighted by molar-refractivity contribution is 7.17. The quantitative estimate of drug-likeness (QED) is 0.487. The smallest absolute Gasteiger partial charge is 0.266 e. The molecule has 5 heteroatoms. The number of aromatic hydroxyl groups is 1. The number of benzene rings is 2. The van der Waals surface area contributed by atoms with Gasteiger partial charge in [0.05, 0.1) is 5.52 Å². The van der Waals surface area contributed by atoms with E-state index in [1.165, 1.54) is 11.3 Å². The molecule has 0 spiro atoms. The molecule has 0 aliphatic carbocycles. The van der Waals surface area contributed by atoms with E-state index in [0.29, 0.717) is 4.70 Å². The largest absolute Gasteiger partial charge is 0.507 e. The molecule has 0 aliphatic heterocycles. The highest BCUT2D eigenvalue weighted by Gasteiger charge is 2.17. The van der Waals surface area contributed by atoms with Crippen LogP contribution in [0.5, 0.6) is 5.75 Å². The van der Waals surface area contributed by atoms with E-state index in [4.69, 9.17) is 5.73 Å². The number of nitrogens with two attached hydrogens (primary N) is 1. The molecular weight excluding hydrogens is 344 g/mol. The molecule has 2 aromatic carbocycles. The highest BCUT2D eigenvalue weighted by atomic mass is 32.1. The fourth-order valence-electron chi connectivity index (χ4n) is 3.51. The summed E-state index contributed by atoms with van der Waals surface area (Å²) in [7, 11) is 0. The number of aromatic amines is 1. The second-order valence-electron chi connectivity index (χ2n) is 6.59. The van der Waals surface area contributed by atoms with Crippen molar-refractivity contribution in [2.45, 2.75) is 26.3 Å². The first kappa shape index (κ1) is 16.8. The van der Waals surface area contributed by atoms with E-state index in [2.05, 4.69) is 11.9 Å². The number of hydrogen-bond donors (Lipinski definition) is 3. The van der Waals surface area contributed by atoms with E-state index < -0.39 is 0 Å². The molecule has 1 unspecified atom stereocenters. The summed E-state index contributed by atoms with van der Waals surface area (Å²) in [6, 6.07) is 11.6. The maximum absolute atomic E-state index is 12.4. The van der Waals surface area contributed by atoms with Gasteiger partial charge in [0.25, 0.3) is 5.56 Å². The van der Waals surface area contributed by atoms with Crippen molar-refractivity contribution in [3.8, 4) is 16.9 Å². The lowest BCUT2D eigenvalue weighted by molar-refractivity contribution is 0.477. The Bertz CT molecular complexity index is 1170. The minimum atomic E-state index is -0.0912. The maximum Gasteiger partial charge on any atom is 0.266 e.